The Balaban J connectivity index is 1.78. The van der Waals surface area contributed by atoms with Crippen LogP contribution < -0.4 is 5.32 Å². The number of likely N-dealkylation sites (tertiary alicyclic amines) is 1. The van der Waals surface area contributed by atoms with E-state index in [-0.39, 0.29) is 12.5 Å². The topological polar surface area (TPSA) is 58.6 Å². The number of carbonyl (C=O) groups is 2. The summed E-state index contributed by atoms with van der Waals surface area (Å²) >= 11 is 0. The van der Waals surface area contributed by atoms with E-state index in [0.29, 0.717) is 13.0 Å². The van der Waals surface area contributed by atoms with Gasteiger partial charge in [-0.1, -0.05) is 30.3 Å². The summed E-state index contributed by atoms with van der Waals surface area (Å²) in [4.78, 5) is 24.7. The Morgan fingerprint density at radius 2 is 2.17 bits per heavy atom. The number of nitrogens with zero attached hydrogens (tertiary/aromatic N) is 1. The van der Waals surface area contributed by atoms with Crippen LogP contribution in [0, 0.1) is 0 Å². The van der Waals surface area contributed by atoms with Gasteiger partial charge in [0.15, 0.2) is 0 Å². The molecule has 1 aromatic carbocycles. The zero-order valence-electron chi connectivity index (χ0n) is 10.3. The van der Waals surface area contributed by atoms with Crippen LogP contribution in [-0.4, -0.2) is 36.5 Å². The highest BCUT2D eigenvalue weighted by molar-refractivity contribution is 5.87. The molecule has 5 heteroatoms. The first-order valence-electron chi connectivity index (χ1n) is 5.89. The van der Waals surface area contributed by atoms with E-state index in [1.165, 1.54) is 0 Å². The van der Waals surface area contributed by atoms with E-state index in [2.05, 4.69) is 5.32 Å². The second-order valence-electron chi connectivity index (χ2n) is 4.31. The normalized spacial score (nSPS) is 18.8. The highest BCUT2D eigenvalue weighted by Gasteiger charge is 2.30. The van der Waals surface area contributed by atoms with Crippen molar-refractivity contribution in [2.24, 2.45) is 0 Å². The van der Waals surface area contributed by atoms with Crippen molar-refractivity contribution in [3.8, 4) is 0 Å². The molecule has 1 fully saturated rings. The van der Waals surface area contributed by atoms with Gasteiger partial charge in [0.2, 0.25) is 5.91 Å². The second kappa shape index (κ2) is 5.53. The standard InChI is InChI=1S/C13H16N2O3/c1-15-8-7-11(12(15)16)14-13(17)18-9-10-5-3-2-4-6-10/h2-6,11H,7-9H2,1H3,(H,14,17)/t11-/m0/s1. The van der Waals surface area contributed by atoms with E-state index < -0.39 is 12.1 Å². The van der Waals surface area contributed by atoms with Gasteiger partial charge in [-0.2, -0.15) is 0 Å². The summed E-state index contributed by atoms with van der Waals surface area (Å²) in [6.07, 6.45) is 0.0861. The smallest absolute Gasteiger partial charge is 0.408 e. The molecule has 1 heterocycles. The molecule has 2 amide bonds. The average Bonchev–Trinajstić information content (AvgIpc) is 2.70. The predicted molar refractivity (Wildman–Crippen MR) is 65.8 cm³/mol. The van der Waals surface area contributed by atoms with Gasteiger partial charge in [-0.3, -0.25) is 4.79 Å². The maximum atomic E-state index is 11.6. The van der Waals surface area contributed by atoms with Crippen LogP contribution in [0.1, 0.15) is 12.0 Å². The molecule has 0 spiro atoms. The fraction of sp³-hybridized carbons (Fsp3) is 0.385. The molecule has 18 heavy (non-hydrogen) atoms. The van der Waals surface area contributed by atoms with Gasteiger partial charge in [-0.15, -0.1) is 0 Å². The van der Waals surface area contributed by atoms with Crippen molar-refractivity contribution in [2.45, 2.75) is 19.1 Å². The molecule has 1 N–H and O–H groups in total. The van der Waals surface area contributed by atoms with Gasteiger partial charge in [0.1, 0.15) is 12.6 Å². The first-order valence-corrected chi connectivity index (χ1v) is 5.89. The number of benzene rings is 1. The molecule has 1 atom stereocenters. The summed E-state index contributed by atoms with van der Waals surface area (Å²) in [6, 6.07) is 8.97. The summed E-state index contributed by atoms with van der Waals surface area (Å²) in [5.74, 6) is -0.0633. The molecule has 0 aliphatic carbocycles. The number of hydrogen-bond acceptors (Lipinski definition) is 3. The molecule has 0 unspecified atom stereocenters. The number of rotatable bonds is 3. The molecule has 1 aromatic rings. The Morgan fingerprint density at radius 3 is 2.78 bits per heavy atom. The zero-order valence-corrected chi connectivity index (χ0v) is 10.3. The molecular weight excluding hydrogens is 232 g/mol. The minimum Gasteiger partial charge on any atom is -0.445 e. The van der Waals surface area contributed by atoms with Crippen LogP contribution in [0.25, 0.3) is 0 Å². The van der Waals surface area contributed by atoms with Crippen LogP contribution in [0.5, 0.6) is 0 Å². The average molecular weight is 248 g/mol. The van der Waals surface area contributed by atoms with E-state index in [0.717, 1.165) is 5.56 Å². The first kappa shape index (κ1) is 12.4. The number of carbonyl (C=O) groups excluding carboxylic acids is 2. The van der Waals surface area contributed by atoms with E-state index in [1.54, 1.807) is 11.9 Å². The fourth-order valence-electron chi connectivity index (χ4n) is 1.86. The van der Waals surface area contributed by atoms with Crippen molar-refractivity contribution in [1.29, 1.82) is 0 Å². The van der Waals surface area contributed by atoms with Crippen LogP contribution in [0.15, 0.2) is 30.3 Å². The molecular formula is C13H16N2O3. The third-order valence-corrected chi connectivity index (χ3v) is 2.93. The summed E-state index contributed by atoms with van der Waals surface area (Å²) in [7, 11) is 1.72. The maximum Gasteiger partial charge on any atom is 0.408 e. The minimum absolute atomic E-state index is 0.0633. The van der Waals surface area contributed by atoms with Crippen LogP contribution in [0.3, 0.4) is 0 Å². The van der Waals surface area contributed by atoms with Crippen LogP contribution >= 0.6 is 0 Å². The molecule has 2 rings (SSSR count). The van der Waals surface area contributed by atoms with Gasteiger partial charge < -0.3 is 15.0 Å². The highest BCUT2D eigenvalue weighted by atomic mass is 16.5. The summed E-state index contributed by atoms with van der Waals surface area (Å²) in [5.41, 5.74) is 0.919. The third kappa shape index (κ3) is 3.00. The molecule has 0 bridgehead atoms. The predicted octanol–water partition coefficient (Wildman–Crippen LogP) is 1.14. The fourth-order valence-corrected chi connectivity index (χ4v) is 1.86. The molecule has 0 radical (unpaired) electrons. The lowest BCUT2D eigenvalue weighted by atomic mass is 10.2. The Kier molecular flexibility index (Phi) is 3.82. The van der Waals surface area contributed by atoms with Crippen LogP contribution in [0.4, 0.5) is 4.79 Å². The van der Waals surface area contributed by atoms with Gasteiger partial charge >= 0.3 is 6.09 Å². The molecule has 1 saturated heterocycles. The molecule has 0 aromatic heterocycles. The lowest BCUT2D eigenvalue weighted by molar-refractivity contribution is -0.128. The van der Waals surface area contributed by atoms with E-state index in [1.807, 2.05) is 30.3 Å². The first-order chi connectivity index (χ1) is 8.66. The monoisotopic (exact) mass is 248 g/mol. The summed E-state index contributed by atoms with van der Waals surface area (Å²) < 4.78 is 5.05. The number of ether oxygens (including phenoxy) is 1. The minimum atomic E-state index is -0.549. The van der Waals surface area contributed by atoms with Gasteiger partial charge in [-0.25, -0.2) is 4.79 Å². The molecule has 1 aliphatic rings. The zero-order chi connectivity index (χ0) is 13.0. The van der Waals surface area contributed by atoms with Crippen molar-refractivity contribution in [2.75, 3.05) is 13.6 Å². The quantitative estimate of drug-likeness (QED) is 0.872. The number of amides is 2. The third-order valence-electron chi connectivity index (χ3n) is 2.93. The Labute approximate surface area is 106 Å². The van der Waals surface area contributed by atoms with Crippen molar-refractivity contribution >= 4 is 12.0 Å². The molecule has 96 valence electrons. The molecule has 0 saturated carbocycles. The van der Waals surface area contributed by atoms with Gasteiger partial charge in [0.05, 0.1) is 0 Å². The second-order valence-corrected chi connectivity index (χ2v) is 4.31. The number of hydrogen-bond donors (Lipinski definition) is 1. The lowest BCUT2D eigenvalue weighted by Gasteiger charge is -2.12. The number of nitrogens with one attached hydrogen (secondary N) is 1. The van der Waals surface area contributed by atoms with Crippen molar-refractivity contribution in [1.82, 2.24) is 10.2 Å². The largest absolute Gasteiger partial charge is 0.445 e. The van der Waals surface area contributed by atoms with E-state index >= 15 is 0 Å². The SMILES string of the molecule is CN1CC[C@H](NC(=O)OCc2ccccc2)C1=O. The van der Waals surface area contributed by atoms with Crippen molar-refractivity contribution in [3.63, 3.8) is 0 Å². The number of likely N-dealkylation sites (N-methyl/N-ethyl adjacent to an activating group) is 1. The van der Waals surface area contributed by atoms with Gasteiger partial charge in [0.25, 0.3) is 0 Å². The highest BCUT2D eigenvalue weighted by Crippen LogP contribution is 2.09. The Bertz CT molecular complexity index is 433. The van der Waals surface area contributed by atoms with Crippen LogP contribution in [0.2, 0.25) is 0 Å². The lowest BCUT2D eigenvalue weighted by Crippen LogP contribution is -2.40. The van der Waals surface area contributed by atoms with Gasteiger partial charge in [-0.05, 0) is 12.0 Å². The van der Waals surface area contributed by atoms with E-state index in [9.17, 15) is 9.59 Å². The maximum absolute atomic E-state index is 11.6. The van der Waals surface area contributed by atoms with Crippen molar-refractivity contribution in [3.05, 3.63) is 35.9 Å². The molecule has 5 nitrogen and oxygen atoms in total. The summed E-state index contributed by atoms with van der Waals surface area (Å²) in [6.45, 7) is 0.881. The van der Waals surface area contributed by atoms with E-state index in [4.69, 9.17) is 4.74 Å². The van der Waals surface area contributed by atoms with Crippen LogP contribution in [-0.2, 0) is 16.1 Å². The Hall–Kier alpha value is -2.04. The summed E-state index contributed by atoms with van der Waals surface area (Å²) in [5, 5.41) is 2.58. The van der Waals surface area contributed by atoms with Crippen molar-refractivity contribution < 1.29 is 14.3 Å². The number of alkyl carbamates (subject to hydrolysis) is 1. The Morgan fingerprint density at radius 1 is 1.44 bits per heavy atom. The molecule has 1 aliphatic heterocycles. The van der Waals surface area contributed by atoms with Gasteiger partial charge in [0, 0.05) is 13.6 Å².